The second-order valence-electron chi connectivity index (χ2n) is 6.68. The minimum atomic E-state index is 0. The average molecular weight is 443 g/mol. The molecule has 2 N–H and O–H groups in total. The number of rotatable bonds is 3. The Bertz CT molecular complexity index is 886. The number of benzene rings is 1. The van der Waals surface area contributed by atoms with Crippen LogP contribution in [0.25, 0.3) is 9.53 Å². The molecule has 4 heterocycles. The highest BCUT2D eigenvalue weighted by atomic mass is 35.5. The van der Waals surface area contributed by atoms with Crippen LogP contribution in [0.3, 0.4) is 0 Å². The first-order valence-electron chi connectivity index (χ1n) is 8.49. The number of thiophene rings is 1. The second-order valence-corrected chi connectivity index (χ2v) is 8.74. The molecular weight excluding hydrogens is 423 g/mol. The van der Waals surface area contributed by atoms with Crippen LogP contribution >= 0.6 is 47.5 Å². The number of nitrogens with zero attached hydrogens (tertiary/aromatic N) is 2. The maximum absolute atomic E-state index is 12.8. The van der Waals surface area contributed by atoms with Gasteiger partial charge in [-0.1, -0.05) is 29.5 Å². The zero-order valence-corrected chi connectivity index (χ0v) is 17.6. The maximum atomic E-state index is 12.8. The minimum absolute atomic E-state index is 0. The molecule has 2 aliphatic heterocycles. The van der Waals surface area contributed by atoms with Gasteiger partial charge in [0, 0.05) is 31.9 Å². The third kappa shape index (κ3) is 3.93. The summed E-state index contributed by atoms with van der Waals surface area (Å²) >= 11 is 3.10. The standard InChI is InChI=1S/C18H18N4OS2.2ClH/c23-17(22-9-11-7-19-8-12(11)10-22)15-6-14-16(24-15)21-18(25-14)20-13-4-2-1-3-5-13;;/h1-6,11-12,19H,7-10H2,(H,20,21);2*1H/t11-,12+;;. The van der Waals surface area contributed by atoms with E-state index in [4.69, 9.17) is 0 Å². The van der Waals surface area contributed by atoms with Crippen LogP contribution in [0.5, 0.6) is 0 Å². The van der Waals surface area contributed by atoms with Gasteiger partial charge in [0.1, 0.15) is 4.83 Å². The first-order chi connectivity index (χ1) is 12.3. The summed E-state index contributed by atoms with van der Waals surface area (Å²) in [4.78, 5) is 21.2. The lowest BCUT2D eigenvalue weighted by atomic mass is 10.0. The largest absolute Gasteiger partial charge is 0.337 e. The number of nitrogens with one attached hydrogen (secondary N) is 2. The predicted molar refractivity (Wildman–Crippen MR) is 117 cm³/mol. The van der Waals surface area contributed by atoms with Crippen LogP contribution in [0.1, 0.15) is 9.67 Å². The number of para-hydroxylation sites is 1. The van der Waals surface area contributed by atoms with Crippen molar-refractivity contribution < 1.29 is 4.79 Å². The molecule has 1 amide bonds. The van der Waals surface area contributed by atoms with E-state index in [-0.39, 0.29) is 30.7 Å². The Balaban J connectivity index is 0.00000105. The molecule has 0 aliphatic carbocycles. The van der Waals surface area contributed by atoms with Gasteiger partial charge in [-0.05, 0) is 30.0 Å². The van der Waals surface area contributed by atoms with Gasteiger partial charge >= 0.3 is 0 Å². The number of anilines is 2. The van der Waals surface area contributed by atoms with Crippen molar-refractivity contribution in [2.45, 2.75) is 0 Å². The number of thiazole rings is 1. The molecule has 2 aromatic heterocycles. The summed E-state index contributed by atoms with van der Waals surface area (Å²) < 4.78 is 1.08. The summed E-state index contributed by atoms with van der Waals surface area (Å²) in [5.74, 6) is 1.43. The Hall–Kier alpha value is -1.38. The number of halogens is 2. The van der Waals surface area contributed by atoms with Gasteiger partial charge in [-0.2, -0.15) is 0 Å². The van der Waals surface area contributed by atoms with E-state index in [2.05, 4.69) is 15.6 Å². The zero-order chi connectivity index (χ0) is 16.8. The van der Waals surface area contributed by atoms with E-state index >= 15 is 0 Å². The van der Waals surface area contributed by atoms with E-state index in [1.165, 1.54) is 11.3 Å². The molecule has 0 unspecified atom stereocenters. The lowest BCUT2D eigenvalue weighted by Crippen LogP contribution is -2.31. The topological polar surface area (TPSA) is 57.3 Å². The van der Waals surface area contributed by atoms with Crippen molar-refractivity contribution in [2.24, 2.45) is 11.8 Å². The lowest BCUT2D eigenvalue weighted by Gasteiger charge is -2.16. The van der Waals surface area contributed by atoms with Gasteiger partial charge in [-0.15, -0.1) is 36.2 Å². The molecule has 5 nitrogen and oxygen atoms in total. The van der Waals surface area contributed by atoms with Crippen molar-refractivity contribution >= 4 is 73.7 Å². The number of hydrogen-bond donors (Lipinski definition) is 2. The Labute approximate surface area is 178 Å². The van der Waals surface area contributed by atoms with Crippen LogP contribution in [-0.2, 0) is 0 Å². The molecule has 27 heavy (non-hydrogen) atoms. The molecule has 5 rings (SSSR count). The van der Waals surface area contributed by atoms with Gasteiger partial charge in [-0.25, -0.2) is 4.98 Å². The fourth-order valence-corrected chi connectivity index (χ4v) is 5.82. The second kappa shape index (κ2) is 8.32. The van der Waals surface area contributed by atoms with Crippen LogP contribution in [0.15, 0.2) is 36.4 Å². The number of fused-ring (bicyclic) bond motifs is 2. The summed E-state index contributed by atoms with van der Waals surface area (Å²) in [6.07, 6.45) is 0. The van der Waals surface area contributed by atoms with Crippen LogP contribution in [0, 0.1) is 11.8 Å². The molecule has 3 aromatic rings. The molecule has 9 heteroatoms. The van der Waals surface area contributed by atoms with Crippen molar-refractivity contribution in [2.75, 3.05) is 31.5 Å². The number of likely N-dealkylation sites (tertiary alicyclic amines) is 1. The monoisotopic (exact) mass is 442 g/mol. The van der Waals surface area contributed by atoms with Gasteiger partial charge in [0.2, 0.25) is 0 Å². The van der Waals surface area contributed by atoms with Gasteiger partial charge in [-0.3, -0.25) is 4.79 Å². The summed E-state index contributed by atoms with van der Waals surface area (Å²) in [7, 11) is 0. The van der Waals surface area contributed by atoms with E-state index in [0.29, 0.717) is 11.8 Å². The van der Waals surface area contributed by atoms with Crippen molar-refractivity contribution in [1.29, 1.82) is 0 Å². The first kappa shape index (κ1) is 20.4. The number of amides is 1. The molecule has 144 valence electrons. The predicted octanol–water partition coefficient (Wildman–Crippen LogP) is 4.24. The third-order valence-electron chi connectivity index (χ3n) is 5.00. The SMILES string of the molecule is Cl.Cl.O=C(c1cc2sc(Nc3ccccc3)nc2s1)N1C[C@H]2CNC[C@H]2C1. The smallest absolute Gasteiger partial charge is 0.264 e. The summed E-state index contributed by atoms with van der Waals surface area (Å²) in [6.45, 7) is 3.86. The highest BCUT2D eigenvalue weighted by Gasteiger charge is 2.38. The van der Waals surface area contributed by atoms with Crippen molar-refractivity contribution in [3.8, 4) is 0 Å². The summed E-state index contributed by atoms with van der Waals surface area (Å²) in [6, 6.07) is 12.0. The van der Waals surface area contributed by atoms with E-state index < -0.39 is 0 Å². The molecule has 0 bridgehead atoms. The maximum Gasteiger partial charge on any atom is 0.264 e. The van der Waals surface area contributed by atoms with Gasteiger partial charge in [0.05, 0.1) is 9.58 Å². The zero-order valence-electron chi connectivity index (χ0n) is 14.4. The number of aromatic nitrogens is 1. The van der Waals surface area contributed by atoms with Gasteiger partial charge in [0.15, 0.2) is 5.13 Å². The quantitative estimate of drug-likeness (QED) is 0.636. The Kier molecular flexibility index (Phi) is 6.28. The van der Waals surface area contributed by atoms with Crippen molar-refractivity contribution in [1.82, 2.24) is 15.2 Å². The first-order valence-corrected chi connectivity index (χ1v) is 10.1. The number of hydrogen-bond acceptors (Lipinski definition) is 6. The molecule has 2 fully saturated rings. The summed E-state index contributed by atoms with van der Waals surface area (Å²) in [5, 5.41) is 7.61. The molecule has 0 radical (unpaired) electrons. The number of carbonyl (C=O) groups is 1. The number of carbonyl (C=O) groups excluding carboxylic acids is 1. The molecule has 2 aliphatic rings. The molecule has 2 atom stereocenters. The molecular formula is C18H20Cl2N4OS2. The fourth-order valence-electron chi connectivity index (χ4n) is 3.72. The van der Waals surface area contributed by atoms with E-state index in [1.807, 2.05) is 41.3 Å². The van der Waals surface area contributed by atoms with E-state index in [9.17, 15) is 4.79 Å². The molecule has 0 saturated carbocycles. The van der Waals surface area contributed by atoms with Gasteiger partial charge in [0.25, 0.3) is 5.91 Å². The van der Waals surface area contributed by atoms with Crippen molar-refractivity contribution in [3.05, 3.63) is 41.3 Å². The van der Waals surface area contributed by atoms with Crippen LogP contribution in [-0.4, -0.2) is 42.0 Å². The third-order valence-corrected chi connectivity index (χ3v) is 7.07. The Morgan fingerprint density at radius 2 is 1.81 bits per heavy atom. The van der Waals surface area contributed by atoms with E-state index in [1.54, 1.807) is 11.3 Å². The minimum Gasteiger partial charge on any atom is -0.337 e. The van der Waals surface area contributed by atoms with Crippen LogP contribution in [0.2, 0.25) is 0 Å². The molecule has 1 aromatic carbocycles. The highest BCUT2D eigenvalue weighted by Crippen LogP contribution is 2.36. The molecule has 0 spiro atoms. The molecule has 2 saturated heterocycles. The van der Waals surface area contributed by atoms with Crippen LogP contribution < -0.4 is 10.6 Å². The lowest BCUT2D eigenvalue weighted by molar-refractivity contribution is 0.0786. The fraction of sp³-hybridized carbons (Fsp3) is 0.333. The summed E-state index contributed by atoms with van der Waals surface area (Å²) in [5.41, 5.74) is 1.03. The van der Waals surface area contributed by atoms with E-state index in [0.717, 1.165) is 51.4 Å². The van der Waals surface area contributed by atoms with Crippen molar-refractivity contribution in [3.63, 3.8) is 0 Å². The highest BCUT2D eigenvalue weighted by molar-refractivity contribution is 7.29. The van der Waals surface area contributed by atoms with Crippen LogP contribution in [0.4, 0.5) is 10.8 Å². The average Bonchev–Trinajstić information content (AvgIpc) is 3.33. The Morgan fingerprint density at radius 1 is 1.11 bits per heavy atom. The Morgan fingerprint density at radius 3 is 2.48 bits per heavy atom. The normalized spacial score (nSPS) is 20.8. The van der Waals surface area contributed by atoms with Gasteiger partial charge < -0.3 is 15.5 Å².